The van der Waals surface area contributed by atoms with Gasteiger partial charge in [-0.2, -0.15) is 0 Å². The maximum Gasteiger partial charge on any atom is 0.410 e. The summed E-state index contributed by atoms with van der Waals surface area (Å²) < 4.78 is 77.6. The zero-order chi connectivity index (χ0) is 61.1. The number of fused-ring (bicyclic) bond motifs is 2. The number of H-pyrrole nitrogens is 2. The molecule has 6 unspecified atom stereocenters. The van der Waals surface area contributed by atoms with Crippen molar-refractivity contribution in [3.63, 3.8) is 0 Å². The fourth-order valence-electron chi connectivity index (χ4n) is 11.4. The van der Waals surface area contributed by atoms with Gasteiger partial charge in [0.25, 0.3) is 0 Å². The van der Waals surface area contributed by atoms with Gasteiger partial charge < -0.3 is 98.5 Å². The van der Waals surface area contributed by atoms with Crippen LogP contribution in [0.3, 0.4) is 0 Å². The van der Waals surface area contributed by atoms with Gasteiger partial charge in [-0.1, -0.05) is 10.4 Å². The maximum absolute atomic E-state index is 15.1. The topological polar surface area (TPSA) is 403 Å². The van der Waals surface area contributed by atoms with Gasteiger partial charge in [0.05, 0.1) is 76.4 Å². The van der Waals surface area contributed by atoms with Gasteiger partial charge in [-0.25, -0.2) is 27.7 Å². The number of aromatic amines is 2. The van der Waals surface area contributed by atoms with E-state index in [0.717, 1.165) is 0 Å². The van der Waals surface area contributed by atoms with Crippen molar-refractivity contribution < 1.29 is 107 Å². The van der Waals surface area contributed by atoms with E-state index >= 15 is 8.78 Å². The third-order valence-electron chi connectivity index (χ3n) is 15.5. The quantitative estimate of drug-likeness (QED) is 0.0311. The summed E-state index contributed by atoms with van der Waals surface area (Å²) in [5.41, 5.74) is 3.35. The SMILES string of the molecule is CC(=O)O[C@H]1CC(Cc2c(-c3[nH]c4cc(F)ccc4c3CC3C[C@H](OC(C)=O)CN3C(=O)OCCn3cc(CO[C@@H]4OC(CO)[C@@H](O)[C@H](O)C4O)nn3)[nH]c3cc(F)ccc23)N(C(=O)OCCn2cc(CO[C@@H]3OC(CO)[C@@H](O)[C@H](O)C3O)nn2)C1. The van der Waals surface area contributed by atoms with Crippen LogP contribution in [0.2, 0.25) is 0 Å². The summed E-state index contributed by atoms with van der Waals surface area (Å²) in [5.74, 6) is -2.27. The number of ether oxygens (including phenoxy) is 8. The lowest BCUT2D eigenvalue weighted by molar-refractivity contribution is -0.304. The van der Waals surface area contributed by atoms with Gasteiger partial charge >= 0.3 is 24.1 Å². The van der Waals surface area contributed by atoms with Crippen LogP contribution in [-0.2, 0) is 86.6 Å². The number of nitrogens with one attached hydrogen (secondary N) is 2. The molecule has 8 heterocycles. The van der Waals surface area contributed by atoms with Crippen molar-refractivity contribution >= 4 is 45.9 Å². The Morgan fingerprint density at radius 3 is 1.40 bits per heavy atom. The zero-order valence-electron chi connectivity index (χ0n) is 46.4. The van der Waals surface area contributed by atoms with Crippen molar-refractivity contribution in [3.8, 4) is 11.4 Å². The number of benzene rings is 2. The summed E-state index contributed by atoms with van der Waals surface area (Å²) in [4.78, 5) is 62.5. The Morgan fingerprint density at radius 2 is 1.01 bits per heavy atom. The predicted molar refractivity (Wildman–Crippen MR) is 284 cm³/mol. The molecule has 4 aromatic heterocycles. The smallest absolute Gasteiger partial charge is 0.410 e. The fourth-order valence-corrected chi connectivity index (χ4v) is 11.4. The summed E-state index contributed by atoms with van der Waals surface area (Å²) in [6.07, 6.45) is -14.4. The van der Waals surface area contributed by atoms with Gasteiger partial charge in [-0.05, 0) is 60.4 Å². The molecule has 10 rings (SSSR count). The molecule has 0 radical (unpaired) electrons. The second-order valence-electron chi connectivity index (χ2n) is 21.5. The number of aliphatic hydroxyl groups is 8. The van der Waals surface area contributed by atoms with E-state index in [0.29, 0.717) is 44.3 Å². The van der Waals surface area contributed by atoms with Crippen LogP contribution < -0.4 is 0 Å². The summed E-state index contributed by atoms with van der Waals surface area (Å²) in [6, 6.07) is 6.98. The van der Waals surface area contributed by atoms with E-state index in [2.05, 4.69) is 30.6 Å². The summed E-state index contributed by atoms with van der Waals surface area (Å²) in [6.45, 7) is 0.249. The number of hydrogen-bond donors (Lipinski definition) is 10. The maximum atomic E-state index is 15.1. The van der Waals surface area contributed by atoms with E-state index in [-0.39, 0.29) is 89.7 Å². The molecule has 10 N–H and O–H groups in total. The third-order valence-corrected chi connectivity index (χ3v) is 15.5. The number of likely N-dealkylation sites (tertiary alicyclic amines) is 2. The number of amides is 2. The molecule has 6 aromatic rings. The Hall–Kier alpha value is -7.34. The summed E-state index contributed by atoms with van der Waals surface area (Å²) >= 11 is 0. The van der Waals surface area contributed by atoms with Crippen LogP contribution in [0.15, 0.2) is 48.8 Å². The highest BCUT2D eigenvalue weighted by atomic mass is 19.1. The lowest BCUT2D eigenvalue weighted by Crippen LogP contribution is -2.59. The molecule has 4 aliphatic rings. The number of esters is 2. The molecule has 0 spiro atoms. The van der Waals surface area contributed by atoms with Gasteiger partial charge in [0.2, 0.25) is 0 Å². The number of aromatic nitrogens is 8. The number of carbonyl (C=O) groups is 4. The highest BCUT2D eigenvalue weighted by Gasteiger charge is 2.46. The van der Waals surface area contributed by atoms with Crippen LogP contribution in [0, 0.1) is 11.6 Å². The van der Waals surface area contributed by atoms with E-state index in [1.165, 1.54) is 69.7 Å². The first-order valence-electron chi connectivity index (χ1n) is 27.7. The second-order valence-corrected chi connectivity index (χ2v) is 21.5. The van der Waals surface area contributed by atoms with Crippen LogP contribution in [0.1, 0.15) is 49.2 Å². The largest absolute Gasteiger partial charge is 0.461 e. The molecular formula is C54H66F2N10O20. The Labute approximate surface area is 486 Å². The molecule has 2 amide bonds. The molecule has 4 fully saturated rings. The highest BCUT2D eigenvalue weighted by Crippen LogP contribution is 2.40. The monoisotopic (exact) mass is 1210 g/mol. The summed E-state index contributed by atoms with van der Waals surface area (Å²) in [7, 11) is 0. The molecule has 4 saturated heterocycles. The second kappa shape index (κ2) is 26.7. The minimum Gasteiger partial charge on any atom is -0.461 e. The number of rotatable bonds is 21. The first kappa shape index (κ1) is 61.7. The standard InChI is InChI=1S/C54H66F2N10O20/c1-25(69)83-33-13-31(65(19-33)53(77)79-9-7-63-17-29(59-61-63)23-81-51-49(75)47(73)45(71)41(21-67)85-51)15-37-35-5-3-27(55)11-39(35)57-43(37)44-38(36-6-4-28(56)12-40(36)58-44)16-32-14-34(84-26(2)70)20-66(32)54(78)80-10-8-64-18-30(60-62-64)24-82-52-50(76)48(74)46(72)42(22-68)86-52/h3-6,11-12,17-18,31-34,41-42,45-52,57-58,67-68,71-76H,7-10,13-16,19-24H2,1-2H3/t31?,32?,33-,34-,41?,42?,45+,46+,47-,48-,49?,50?,51+,52+/m0/s1. The molecule has 32 heteroatoms. The molecule has 0 saturated carbocycles. The third kappa shape index (κ3) is 13.7. The molecule has 4 aliphatic heterocycles. The van der Waals surface area contributed by atoms with Crippen LogP contribution in [0.5, 0.6) is 0 Å². The first-order valence-corrected chi connectivity index (χ1v) is 27.7. The number of hydrogen-bond acceptors (Lipinski definition) is 24. The molecule has 0 bridgehead atoms. The molecular weight excluding hydrogens is 1150 g/mol. The average Bonchev–Trinajstić information content (AvgIpc) is 3.07. The molecule has 30 nitrogen and oxygen atoms in total. The average molecular weight is 1210 g/mol. The van der Waals surface area contributed by atoms with Crippen LogP contribution >= 0.6 is 0 Å². The first-order chi connectivity index (χ1) is 41.2. The van der Waals surface area contributed by atoms with E-state index in [9.17, 15) is 60.0 Å². The molecule has 466 valence electrons. The van der Waals surface area contributed by atoms with Crippen molar-refractivity contribution in [2.75, 3.05) is 39.5 Å². The summed E-state index contributed by atoms with van der Waals surface area (Å²) in [5, 5.41) is 97.3. The Kier molecular flexibility index (Phi) is 19.2. The normalized spacial score (nSPS) is 27.7. The molecule has 2 aromatic carbocycles. The van der Waals surface area contributed by atoms with E-state index < -0.39 is 135 Å². The van der Waals surface area contributed by atoms with Gasteiger partial charge in [0.15, 0.2) is 12.6 Å². The minimum atomic E-state index is -1.64. The zero-order valence-corrected chi connectivity index (χ0v) is 46.4. The van der Waals surface area contributed by atoms with Gasteiger partial charge in [0, 0.05) is 60.6 Å². The fraction of sp³-hybridized carbons (Fsp3) is 0.556. The molecule has 14 atom stereocenters. The molecule has 86 heavy (non-hydrogen) atoms. The van der Waals surface area contributed by atoms with Crippen LogP contribution in [0.25, 0.3) is 33.2 Å². The highest BCUT2D eigenvalue weighted by molar-refractivity contribution is 5.96. The predicted octanol–water partition coefficient (Wildman–Crippen LogP) is -0.819. The number of aliphatic hydroxyl groups excluding tert-OH is 8. The van der Waals surface area contributed by atoms with E-state index in [1.807, 2.05) is 0 Å². The van der Waals surface area contributed by atoms with Crippen molar-refractivity contribution in [3.05, 3.63) is 82.9 Å². The van der Waals surface area contributed by atoms with E-state index in [4.69, 9.17) is 37.9 Å². The lowest BCUT2D eigenvalue weighted by atomic mass is 9.95. The Bertz CT molecular complexity index is 3140. The number of nitrogens with zero attached hydrogens (tertiary/aromatic N) is 8. The van der Waals surface area contributed by atoms with Crippen LogP contribution in [0.4, 0.5) is 18.4 Å². The molecule has 0 aliphatic carbocycles. The van der Waals surface area contributed by atoms with Crippen molar-refractivity contribution in [1.29, 1.82) is 0 Å². The van der Waals surface area contributed by atoms with Gasteiger partial charge in [-0.15, -0.1) is 10.2 Å². The van der Waals surface area contributed by atoms with E-state index in [1.54, 1.807) is 12.1 Å². The van der Waals surface area contributed by atoms with Crippen LogP contribution in [-0.4, -0.2) is 240 Å². The van der Waals surface area contributed by atoms with Gasteiger partial charge in [0.1, 0.15) is 97.3 Å². The number of halogens is 2. The van der Waals surface area contributed by atoms with Gasteiger partial charge in [-0.3, -0.25) is 9.59 Å². The Balaban J connectivity index is 0.847. The number of carbonyl (C=O) groups excluding carboxylic acids is 4. The van der Waals surface area contributed by atoms with Crippen molar-refractivity contribution in [1.82, 2.24) is 49.8 Å². The van der Waals surface area contributed by atoms with Crippen molar-refractivity contribution in [2.45, 2.75) is 152 Å². The Morgan fingerprint density at radius 1 is 0.605 bits per heavy atom. The minimum absolute atomic E-state index is 0.0197. The van der Waals surface area contributed by atoms with Crippen molar-refractivity contribution in [2.24, 2.45) is 0 Å². The lowest BCUT2D eigenvalue weighted by Gasteiger charge is -2.39.